The lowest BCUT2D eigenvalue weighted by molar-refractivity contribution is -0.121. The van der Waals surface area contributed by atoms with Crippen molar-refractivity contribution in [2.24, 2.45) is 0 Å². The number of anilines is 2. The Hall–Kier alpha value is -3.87. The lowest BCUT2D eigenvalue weighted by atomic mass is 9.75. The minimum atomic E-state index is -0.928. The van der Waals surface area contributed by atoms with E-state index in [0.29, 0.717) is 57.5 Å². The third kappa shape index (κ3) is 10.8. The second kappa shape index (κ2) is 22.5. The highest BCUT2D eigenvalue weighted by atomic mass is 32.1. The van der Waals surface area contributed by atoms with Crippen LogP contribution in [0.3, 0.4) is 0 Å². The minimum Gasteiger partial charge on any atom is -0.456 e. The number of benzene rings is 3. The van der Waals surface area contributed by atoms with Crippen LogP contribution in [-0.2, 0) is 21.5 Å². The maximum atomic E-state index is 13.8. The summed E-state index contributed by atoms with van der Waals surface area (Å²) in [6.07, 6.45) is 7.49. The number of nitrogens with zero attached hydrogens (tertiary/aromatic N) is 3. The van der Waals surface area contributed by atoms with Crippen molar-refractivity contribution in [3.05, 3.63) is 82.4 Å². The Kier molecular flexibility index (Phi) is 17.5. The molecule has 0 fully saturated rings. The number of carbonyl (C=O) groups is 3. The van der Waals surface area contributed by atoms with E-state index >= 15 is 0 Å². The summed E-state index contributed by atoms with van der Waals surface area (Å²) in [5, 5.41) is 9.73. The fourth-order valence-electron chi connectivity index (χ4n) is 8.39. The zero-order chi connectivity index (χ0) is 41.5. The van der Waals surface area contributed by atoms with E-state index in [0.717, 1.165) is 121 Å². The summed E-state index contributed by atoms with van der Waals surface area (Å²) >= 11 is 8.58. The van der Waals surface area contributed by atoms with Gasteiger partial charge in [-0.2, -0.15) is 25.3 Å². The second-order valence-electron chi connectivity index (χ2n) is 15.2. The summed E-state index contributed by atoms with van der Waals surface area (Å²) in [4.78, 5) is 46.2. The number of nitrogens with one attached hydrogen (secondary N) is 3. The van der Waals surface area contributed by atoms with Gasteiger partial charge in [0.25, 0.3) is 5.91 Å². The monoisotopic (exact) mass is 830 g/mol. The maximum Gasteiger partial charge on any atom is 0.252 e. The van der Waals surface area contributed by atoms with E-state index in [1.807, 2.05) is 18.2 Å². The predicted octanol–water partition coefficient (Wildman–Crippen LogP) is 7.58. The molecule has 2 heterocycles. The molecule has 0 saturated carbocycles. The Morgan fingerprint density at radius 2 is 1.29 bits per heavy atom. The Labute approximate surface area is 358 Å². The van der Waals surface area contributed by atoms with Crippen LogP contribution >= 0.6 is 25.3 Å². The maximum absolute atomic E-state index is 13.8. The summed E-state index contributed by atoms with van der Waals surface area (Å²) in [6.45, 7) is 15.1. The molecule has 2 aliphatic heterocycles. The third-order valence-corrected chi connectivity index (χ3v) is 12.2. The molecule has 0 aliphatic carbocycles. The van der Waals surface area contributed by atoms with Crippen LogP contribution < -0.4 is 30.5 Å². The summed E-state index contributed by atoms with van der Waals surface area (Å²) in [5.74, 6) is 3.19. The Balaban J connectivity index is 1.47. The Bertz CT molecular complexity index is 1800. The first kappa shape index (κ1) is 45.2. The molecular formula is C46H66N6O4S2. The van der Waals surface area contributed by atoms with Gasteiger partial charge in [0.15, 0.2) is 0 Å². The van der Waals surface area contributed by atoms with Gasteiger partial charge >= 0.3 is 0 Å². The third-order valence-electron chi connectivity index (χ3n) is 11.6. The first-order valence-electron chi connectivity index (χ1n) is 21.6. The fourth-order valence-corrected chi connectivity index (χ4v) is 8.84. The SMILES string of the molecule is CCN(CC)c1ccc2c(c1)Oc1cc(N(CC)CC)c(CCN(CCNC(=O)CCCCCS)CCNC(=O)CCCCCS)cc1C21NC(=O)c2ccccc21. The van der Waals surface area contributed by atoms with Gasteiger partial charge in [-0.1, -0.05) is 37.1 Å². The van der Waals surface area contributed by atoms with Crippen molar-refractivity contribution in [3.63, 3.8) is 0 Å². The lowest BCUT2D eigenvalue weighted by Gasteiger charge is -2.40. The van der Waals surface area contributed by atoms with Crippen LogP contribution in [0, 0.1) is 0 Å². The number of hydrogen-bond donors (Lipinski definition) is 5. The van der Waals surface area contributed by atoms with Gasteiger partial charge in [-0.25, -0.2) is 0 Å². The highest BCUT2D eigenvalue weighted by Crippen LogP contribution is 2.55. The summed E-state index contributed by atoms with van der Waals surface area (Å²) in [6, 6.07) is 18.7. The molecule has 1 unspecified atom stereocenters. The molecule has 0 bridgehead atoms. The number of ether oxygens (including phenoxy) is 1. The van der Waals surface area contributed by atoms with Gasteiger partial charge in [-0.3, -0.25) is 19.3 Å². The zero-order valence-corrected chi connectivity index (χ0v) is 37.0. The first-order valence-corrected chi connectivity index (χ1v) is 22.9. The van der Waals surface area contributed by atoms with Crippen molar-refractivity contribution >= 4 is 54.4 Å². The van der Waals surface area contributed by atoms with Gasteiger partial charge in [0, 0.05) is 112 Å². The highest BCUT2D eigenvalue weighted by molar-refractivity contribution is 7.80. The smallest absolute Gasteiger partial charge is 0.252 e. The standard InChI is InChI=1S/C46H66N6O4S2/c1-5-51(6-2)35-21-22-38-41(32-35)56-42-33-40(52(7-3)8-4)34(31-39(42)46(38)37-18-14-13-17-36(37)45(55)49-46)23-26-50(27-24-47-43(53)19-11-9-15-29-57)28-25-48-44(54)20-12-10-16-30-58/h13-14,17-18,21-22,31-33,57-58H,5-12,15-16,19-20,23-30H2,1-4H3,(H,47,53)(H,48,54)(H,49,55). The van der Waals surface area contributed by atoms with Gasteiger partial charge in [0.1, 0.15) is 17.0 Å². The number of rotatable bonds is 25. The van der Waals surface area contributed by atoms with E-state index in [4.69, 9.17) is 4.74 Å². The predicted molar refractivity (Wildman–Crippen MR) is 245 cm³/mol. The van der Waals surface area contributed by atoms with Gasteiger partial charge < -0.3 is 30.5 Å². The van der Waals surface area contributed by atoms with Crippen LogP contribution in [0.1, 0.15) is 112 Å². The molecular weight excluding hydrogens is 765 g/mol. The van der Waals surface area contributed by atoms with Gasteiger partial charge in [-0.05, 0) is 101 Å². The van der Waals surface area contributed by atoms with Crippen LogP contribution in [0.15, 0.2) is 54.6 Å². The molecule has 0 saturated heterocycles. The van der Waals surface area contributed by atoms with Crippen LogP contribution in [-0.4, -0.2) is 93.0 Å². The number of thiol groups is 2. The van der Waals surface area contributed by atoms with Crippen LogP contribution in [0.4, 0.5) is 11.4 Å². The molecule has 3 amide bonds. The molecule has 3 aromatic carbocycles. The topological polar surface area (TPSA) is 106 Å². The summed E-state index contributed by atoms with van der Waals surface area (Å²) in [5.41, 5.74) is 5.83. The summed E-state index contributed by atoms with van der Waals surface area (Å²) < 4.78 is 6.89. The van der Waals surface area contributed by atoms with Crippen LogP contribution in [0.25, 0.3) is 0 Å². The first-order chi connectivity index (χ1) is 28.2. The number of carbonyl (C=O) groups excluding carboxylic acids is 3. The molecule has 0 aromatic heterocycles. The average Bonchev–Trinajstić information content (AvgIpc) is 3.53. The molecule has 5 rings (SSSR count). The highest BCUT2D eigenvalue weighted by Gasteiger charge is 2.51. The molecule has 1 spiro atoms. The molecule has 58 heavy (non-hydrogen) atoms. The Morgan fingerprint density at radius 1 is 0.690 bits per heavy atom. The van der Waals surface area contributed by atoms with E-state index in [-0.39, 0.29) is 17.7 Å². The largest absolute Gasteiger partial charge is 0.456 e. The number of hydrogen-bond acceptors (Lipinski definition) is 9. The molecule has 2 aliphatic rings. The molecule has 3 aromatic rings. The van der Waals surface area contributed by atoms with Crippen molar-refractivity contribution in [1.82, 2.24) is 20.9 Å². The molecule has 0 radical (unpaired) electrons. The molecule has 10 nitrogen and oxygen atoms in total. The van der Waals surface area contributed by atoms with Crippen LogP contribution in [0.5, 0.6) is 11.5 Å². The minimum absolute atomic E-state index is 0.0702. The zero-order valence-electron chi connectivity index (χ0n) is 35.2. The van der Waals surface area contributed by atoms with E-state index in [2.05, 4.69) is 120 Å². The van der Waals surface area contributed by atoms with Gasteiger partial charge in [0.2, 0.25) is 11.8 Å². The van der Waals surface area contributed by atoms with E-state index in [1.54, 1.807) is 0 Å². The van der Waals surface area contributed by atoms with Crippen molar-refractivity contribution in [1.29, 1.82) is 0 Å². The van der Waals surface area contributed by atoms with Crippen LogP contribution in [0.2, 0.25) is 0 Å². The second-order valence-corrected chi connectivity index (χ2v) is 16.1. The van der Waals surface area contributed by atoms with Crippen molar-refractivity contribution in [3.8, 4) is 11.5 Å². The lowest BCUT2D eigenvalue weighted by Crippen LogP contribution is -2.44. The fraction of sp³-hybridized carbons (Fsp3) is 0.543. The van der Waals surface area contributed by atoms with Crippen molar-refractivity contribution in [2.75, 3.05) is 80.2 Å². The average molecular weight is 831 g/mol. The molecule has 1 atom stereocenters. The van der Waals surface area contributed by atoms with Crippen molar-refractivity contribution < 1.29 is 19.1 Å². The molecule has 3 N–H and O–H groups in total. The normalized spacial score (nSPS) is 15.1. The molecule has 316 valence electrons. The number of amides is 3. The van der Waals surface area contributed by atoms with Gasteiger partial charge in [-0.15, -0.1) is 0 Å². The number of unbranched alkanes of at least 4 members (excludes halogenated alkanes) is 4. The van der Waals surface area contributed by atoms with E-state index in [9.17, 15) is 14.4 Å². The van der Waals surface area contributed by atoms with Gasteiger partial charge in [0.05, 0.1) is 0 Å². The van der Waals surface area contributed by atoms with E-state index in [1.165, 1.54) is 0 Å². The quantitative estimate of drug-likeness (QED) is 0.0443. The molecule has 12 heteroatoms. The summed E-state index contributed by atoms with van der Waals surface area (Å²) in [7, 11) is 0. The van der Waals surface area contributed by atoms with Crippen molar-refractivity contribution in [2.45, 2.75) is 91.0 Å². The number of fused-ring (bicyclic) bond motifs is 6. The Morgan fingerprint density at radius 3 is 1.90 bits per heavy atom. The van der Waals surface area contributed by atoms with E-state index < -0.39 is 5.54 Å².